The van der Waals surface area contributed by atoms with Gasteiger partial charge in [0.05, 0.1) is 27.0 Å². The second-order valence-electron chi connectivity index (χ2n) is 6.26. The number of aliphatic imine (C=N–C) groups is 2. The molecule has 2 aromatic rings. The molecule has 0 aliphatic carbocycles. The number of rotatable bonds is 4. The zero-order valence-electron chi connectivity index (χ0n) is 14.3. The summed E-state index contributed by atoms with van der Waals surface area (Å²) >= 11 is 1.50. The van der Waals surface area contributed by atoms with Gasteiger partial charge in [0.25, 0.3) is 0 Å². The molecule has 1 aromatic heterocycles. The molecule has 126 valence electrons. The van der Waals surface area contributed by atoms with Crippen LogP contribution in [0.1, 0.15) is 30.7 Å². The smallest absolute Gasteiger partial charge is 0.155 e. The first-order chi connectivity index (χ1) is 11.3. The van der Waals surface area contributed by atoms with Crippen molar-refractivity contribution in [1.29, 1.82) is 0 Å². The van der Waals surface area contributed by atoms with Gasteiger partial charge in [0.15, 0.2) is 5.82 Å². The van der Waals surface area contributed by atoms with Crippen molar-refractivity contribution in [3.63, 3.8) is 0 Å². The Balaban J connectivity index is 2.74. The molecule has 0 spiro atoms. The van der Waals surface area contributed by atoms with E-state index in [1.165, 1.54) is 17.4 Å². The number of anilines is 1. The zero-order valence-corrected chi connectivity index (χ0v) is 15.1. The van der Waals surface area contributed by atoms with E-state index in [0.717, 1.165) is 9.88 Å². The number of aromatic nitrogens is 1. The van der Waals surface area contributed by atoms with Gasteiger partial charge in [-0.25, -0.2) is 9.37 Å². The highest BCUT2D eigenvalue weighted by Gasteiger charge is 2.25. The molecule has 2 rings (SSSR count). The minimum atomic E-state index is -0.467. The Morgan fingerprint density at radius 2 is 2.08 bits per heavy atom. The van der Waals surface area contributed by atoms with Crippen LogP contribution in [-0.4, -0.2) is 24.5 Å². The summed E-state index contributed by atoms with van der Waals surface area (Å²) in [5.74, 6) is -0.467. The van der Waals surface area contributed by atoms with Gasteiger partial charge in [-0.05, 0) is 24.9 Å². The largest absolute Gasteiger partial charge is 0.396 e. The molecule has 0 fully saturated rings. The molecule has 1 aromatic carbocycles. The lowest BCUT2D eigenvalue weighted by Crippen LogP contribution is -2.10. The van der Waals surface area contributed by atoms with E-state index in [1.807, 2.05) is 0 Å². The predicted molar refractivity (Wildman–Crippen MR) is 102 cm³/mol. The van der Waals surface area contributed by atoms with Gasteiger partial charge in [-0.2, -0.15) is 0 Å². The third-order valence-corrected chi connectivity index (χ3v) is 4.87. The number of hydrogen-bond donors (Lipinski definition) is 1. The van der Waals surface area contributed by atoms with Gasteiger partial charge in [-0.1, -0.05) is 26.8 Å². The van der Waals surface area contributed by atoms with Crippen LogP contribution in [0.4, 0.5) is 10.1 Å². The van der Waals surface area contributed by atoms with Crippen molar-refractivity contribution in [3.8, 4) is 11.3 Å². The average Bonchev–Trinajstić information content (AvgIpc) is 2.96. The van der Waals surface area contributed by atoms with Crippen LogP contribution in [-0.2, 0) is 5.41 Å². The van der Waals surface area contributed by atoms with E-state index in [2.05, 4.69) is 37.5 Å². The molecule has 0 aliphatic rings. The highest BCUT2D eigenvalue weighted by Crippen LogP contribution is 2.37. The van der Waals surface area contributed by atoms with Gasteiger partial charge in [0, 0.05) is 24.2 Å². The van der Waals surface area contributed by atoms with E-state index in [1.54, 1.807) is 31.5 Å². The molecule has 0 radical (unpaired) electrons. The summed E-state index contributed by atoms with van der Waals surface area (Å²) in [4.78, 5) is 13.5. The maximum atomic E-state index is 14.5. The van der Waals surface area contributed by atoms with Gasteiger partial charge in [0.1, 0.15) is 0 Å². The molecule has 0 aliphatic heterocycles. The fourth-order valence-electron chi connectivity index (χ4n) is 2.10. The van der Waals surface area contributed by atoms with Crippen LogP contribution >= 0.6 is 11.3 Å². The summed E-state index contributed by atoms with van der Waals surface area (Å²) in [5, 5.41) is 0.899. The van der Waals surface area contributed by atoms with E-state index >= 15 is 0 Å². The molecular weight excluding hydrogens is 323 g/mol. The number of halogens is 1. The number of nitrogens with zero attached hydrogens (tertiary/aromatic N) is 3. The van der Waals surface area contributed by atoms with Gasteiger partial charge in [-0.3, -0.25) is 9.98 Å². The van der Waals surface area contributed by atoms with Crippen LogP contribution < -0.4 is 5.73 Å². The lowest BCUT2D eigenvalue weighted by molar-refractivity contribution is 0.585. The summed E-state index contributed by atoms with van der Waals surface area (Å²) in [5.41, 5.74) is 7.25. The lowest BCUT2D eigenvalue weighted by atomic mass is 9.98. The number of allylic oxidation sites excluding steroid dienone is 1. The monoisotopic (exact) mass is 344 g/mol. The van der Waals surface area contributed by atoms with Crippen LogP contribution in [0.5, 0.6) is 0 Å². The fraction of sp³-hybridized carbons (Fsp3) is 0.278. The number of benzene rings is 1. The van der Waals surface area contributed by atoms with Crippen molar-refractivity contribution in [1.82, 2.24) is 4.98 Å². The predicted octanol–water partition coefficient (Wildman–Crippen LogP) is 4.46. The Morgan fingerprint density at radius 3 is 2.67 bits per heavy atom. The summed E-state index contributed by atoms with van der Waals surface area (Å²) in [6, 6.07) is 4.93. The molecule has 0 bridgehead atoms. The quantitative estimate of drug-likeness (QED) is 0.657. The van der Waals surface area contributed by atoms with Crippen molar-refractivity contribution in [2.75, 3.05) is 12.8 Å². The zero-order chi connectivity index (χ0) is 17.9. The van der Waals surface area contributed by atoms with E-state index < -0.39 is 5.82 Å². The van der Waals surface area contributed by atoms with Gasteiger partial charge >= 0.3 is 0 Å². The lowest BCUT2D eigenvalue weighted by Gasteiger charge is -2.13. The molecule has 1 heterocycles. The van der Waals surface area contributed by atoms with Gasteiger partial charge < -0.3 is 5.73 Å². The van der Waals surface area contributed by atoms with Crippen LogP contribution in [0.2, 0.25) is 0 Å². The van der Waals surface area contributed by atoms with Gasteiger partial charge in [0.2, 0.25) is 0 Å². The fourth-order valence-corrected chi connectivity index (χ4v) is 3.26. The van der Waals surface area contributed by atoms with Crippen LogP contribution in [0, 0.1) is 5.82 Å². The number of nitrogens with two attached hydrogens (primary N) is 1. The first-order valence-electron chi connectivity index (χ1n) is 7.44. The van der Waals surface area contributed by atoms with Crippen LogP contribution in [0.15, 0.2) is 40.5 Å². The maximum Gasteiger partial charge on any atom is 0.155 e. The highest BCUT2D eigenvalue weighted by atomic mass is 32.1. The molecule has 0 atom stereocenters. The Hall–Kier alpha value is -2.34. The van der Waals surface area contributed by atoms with Crippen molar-refractivity contribution in [2.24, 2.45) is 9.98 Å². The van der Waals surface area contributed by atoms with E-state index in [0.29, 0.717) is 17.0 Å². The Kier molecular flexibility index (Phi) is 5.29. The second-order valence-corrected chi connectivity index (χ2v) is 7.26. The molecule has 0 amide bonds. The van der Waals surface area contributed by atoms with E-state index in [9.17, 15) is 4.39 Å². The Bertz CT molecular complexity index is 813. The van der Waals surface area contributed by atoms with Gasteiger partial charge in [-0.15, -0.1) is 11.3 Å². The average molecular weight is 344 g/mol. The summed E-state index contributed by atoms with van der Waals surface area (Å²) < 4.78 is 14.5. The normalized spacial score (nSPS) is 12.8. The third-order valence-electron chi connectivity index (χ3n) is 3.36. The number of nitrogen functional groups attached to an aromatic ring is 1. The first kappa shape index (κ1) is 18.0. The molecule has 24 heavy (non-hydrogen) atoms. The maximum absolute atomic E-state index is 14.5. The van der Waals surface area contributed by atoms with E-state index in [4.69, 9.17) is 10.7 Å². The van der Waals surface area contributed by atoms with Crippen molar-refractivity contribution in [2.45, 2.75) is 26.2 Å². The van der Waals surface area contributed by atoms with Crippen LogP contribution in [0.3, 0.4) is 0 Å². The first-order valence-corrected chi connectivity index (χ1v) is 8.26. The molecule has 2 N–H and O–H groups in total. The Labute approximate surface area is 145 Å². The van der Waals surface area contributed by atoms with E-state index in [-0.39, 0.29) is 11.1 Å². The molecular formula is C18H21FN4S. The number of hydrogen-bond acceptors (Lipinski definition) is 5. The minimum absolute atomic E-state index is 0.0991. The third kappa shape index (κ3) is 3.59. The molecule has 4 nitrogen and oxygen atoms in total. The molecule has 6 heteroatoms. The summed E-state index contributed by atoms with van der Waals surface area (Å²) in [6.07, 6.45) is 3.29. The number of thiazole rings is 1. The van der Waals surface area contributed by atoms with Crippen molar-refractivity contribution in [3.05, 3.63) is 46.2 Å². The highest BCUT2D eigenvalue weighted by molar-refractivity contribution is 7.14. The standard InChI is InChI=1S/C18H21FN4S/c1-18(2,3)17-23-15(11-7-6-8-12(20)14(11)19)16(24-17)13(22-5)9-10-21-4/h6-10H,4,20H2,1-3,5H3/b10-9-,22-13?. The summed E-state index contributed by atoms with van der Waals surface area (Å²) in [6.45, 7) is 9.64. The summed E-state index contributed by atoms with van der Waals surface area (Å²) in [7, 11) is 1.68. The van der Waals surface area contributed by atoms with Crippen molar-refractivity contribution >= 4 is 29.5 Å². The second kappa shape index (κ2) is 7.05. The van der Waals surface area contributed by atoms with Crippen LogP contribution in [0.25, 0.3) is 11.3 Å². The Morgan fingerprint density at radius 1 is 1.38 bits per heavy atom. The molecule has 0 unspecified atom stereocenters. The molecule has 0 saturated carbocycles. The topological polar surface area (TPSA) is 63.6 Å². The molecule has 0 saturated heterocycles. The SMILES string of the molecule is C=N/C=C\C(=NC)c1sc(C(C)(C)C)nc1-c1cccc(N)c1F. The van der Waals surface area contributed by atoms with Crippen molar-refractivity contribution < 1.29 is 4.39 Å². The minimum Gasteiger partial charge on any atom is -0.396 e.